The second-order valence-electron chi connectivity index (χ2n) is 7.73. The van der Waals surface area contributed by atoms with Crippen LogP contribution in [-0.4, -0.2) is 54.4 Å². The molecule has 1 aliphatic carbocycles. The molecule has 9 heteroatoms. The van der Waals surface area contributed by atoms with E-state index >= 15 is 0 Å². The molecular weight excluding hydrogens is 416 g/mol. The van der Waals surface area contributed by atoms with Crippen molar-refractivity contribution in [3.63, 3.8) is 0 Å². The lowest BCUT2D eigenvalue weighted by atomic mass is 9.93. The number of rotatable bonds is 11. The zero-order valence-electron chi connectivity index (χ0n) is 18.3. The van der Waals surface area contributed by atoms with E-state index in [9.17, 15) is 24.5 Å². The SMILES string of the molecule is C=CCCCCN(C)C(=O)[C@@H]1C[C@@H](OC(=O)c2ccc([N+](=O)[O-])cc2)C[C@H]1C(=C=O)OC. The monoisotopic (exact) mass is 444 g/mol. The third-order valence-electron chi connectivity index (χ3n) is 5.61. The quantitative estimate of drug-likeness (QED) is 0.0977. The minimum Gasteiger partial charge on any atom is -0.489 e. The minimum atomic E-state index is -0.649. The first-order chi connectivity index (χ1) is 15.3. The number of hydrogen-bond acceptors (Lipinski definition) is 7. The molecule has 1 fully saturated rings. The van der Waals surface area contributed by atoms with Crippen molar-refractivity contribution in [2.24, 2.45) is 11.8 Å². The Labute approximate surface area is 186 Å². The minimum absolute atomic E-state index is 0.0253. The average molecular weight is 444 g/mol. The van der Waals surface area contributed by atoms with Crippen LogP contribution >= 0.6 is 0 Å². The van der Waals surface area contributed by atoms with Gasteiger partial charge in [-0.1, -0.05) is 6.08 Å². The van der Waals surface area contributed by atoms with Crippen LogP contribution in [0.3, 0.4) is 0 Å². The smallest absolute Gasteiger partial charge is 0.338 e. The Kier molecular flexibility index (Phi) is 9.16. The summed E-state index contributed by atoms with van der Waals surface area (Å²) in [4.78, 5) is 48.8. The van der Waals surface area contributed by atoms with Crippen molar-refractivity contribution in [3.05, 3.63) is 58.4 Å². The average Bonchev–Trinajstić information content (AvgIpc) is 3.20. The summed E-state index contributed by atoms with van der Waals surface area (Å²) in [6.07, 6.45) is 4.33. The number of unbranched alkanes of at least 4 members (excludes halogenated alkanes) is 2. The first-order valence-electron chi connectivity index (χ1n) is 10.4. The van der Waals surface area contributed by atoms with Crippen molar-refractivity contribution in [2.75, 3.05) is 20.7 Å². The van der Waals surface area contributed by atoms with E-state index < -0.39 is 28.8 Å². The van der Waals surface area contributed by atoms with Crippen molar-refractivity contribution in [2.45, 2.75) is 38.2 Å². The number of benzene rings is 1. The molecule has 0 unspecified atom stereocenters. The lowest BCUT2D eigenvalue weighted by Gasteiger charge is -2.24. The van der Waals surface area contributed by atoms with Gasteiger partial charge < -0.3 is 14.4 Å². The molecule has 0 N–H and O–H groups in total. The highest BCUT2D eigenvalue weighted by atomic mass is 16.6. The lowest BCUT2D eigenvalue weighted by Crippen LogP contribution is -2.36. The zero-order valence-corrected chi connectivity index (χ0v) is 18.3. The number of nitro benzene ring substituents is 1. The molecule has 0 heterocycles. The standard InChI is InChI=1S/C23H28N2O7/c1-4-5-6-7-12-24(2)22(27)20-14-18(13-19(20)21(15-26)31-3)32-23(28)16-8-10-17(11-9-16)25(29)30/h4,8-11,18-20H,1,5-7,12-14H2,2-3H3/t18-,19+,20+/m0/s1. The molecule has 1 saturated carbocycles. The summed E-state index contributed by atoms with van der Waals surface area (Å²) >= 11 is 0. The zero-order chi connectivity index (χ0) is 23.7. The van der Waals surface area contributed by atoms with Crippen LogP contribution < -0.4 is 0 Å². The summed E-state index contributed by atoms with van der Waals surface area (Å²) in [5, 5.41) is 10.8. The van der Waals surface area contributed by atoms with Gasteiger partial charge in [0.1, 0.15) is 6.10 Å². The maximum atomic E-state index is 13.1. The second kappa shape index (κ2) is 11.8. The molecule has 3 atom stereocenters. The van der Waals surface area contributed by atoms with Crippen molar-refractivity contribution in [1.82, 2.24) is 4.90 Å². The maximum absolute atomic E-state index is 13.1. The molecule has 1 aliphatic rings. The summed E-state index contributed by atoms with van der Waals surface area (Å²) < 4.78 is 10.7. The second-order valence-corrected chi connectivity index (χ2v) is 7.73. The number of non-ortho nitro benzene ring substituents is 1. The van der Waals surface area contributed by atoms with Gasteiger partial charge in [0.15, 0.2) is 11.7 Å². The molecule has 1 aromatic carbocycles. The number of allylic oxidation sites excluding steroid dienone is 2. The number of nitro groups is 1. The number of hydrogen-bond donors (Lipinski definition) is 0. The number of carbonyl (C=O) groups excluding carboxylic acids is 3. The van der Waals surface area contributed by atoms with E-state index in [1.165, 1.54) is 31.4 Å². The van der Waals surface area contributed by atoms with Crippen molar-refractivity contribution in [1.29, 1.82) is 0 Å². The third-order valence-corrected chi connectivity index (χ3v) is 5.61. The Morgan fingerprint density at radius 3 is 2.47 bits per heavy atom. The molecule has 172 valence electrons. The van der Waals surface area contributed by atoms with Gasteiger partial charge in [-0.15, -0.1) is 6.58 Å². The number of amides is 1. The predicted molar refractivity (Wildman–Crippen MR) is 116 cm³/mol. The number of nitrogens with zero attached hydrogens (tertiary/aromatic N) is 2. The van der Waals surface area contributed by atoms with Crippen LogP contribution in [0, 0.1) is 22.0 Å². The molecule has 2 rings (SSSR count). The summed E-state index contributed by atoms with van der Waals surface area (Å²) in [5.74, 6) is -0.136. The van der Waals surface area contributed by atoms with Gasteiger partial charge in [0, 0.05) is 31.6 Å². The van der Waals surface area contributed by atoms with Gasteiger partial charge in [-0.25, -0.2) is 9.59 Å². The van der Waals surface area contributed by atoms with E-state index in [2.05, 4.69) is 6.58 Å². The number of carbonyl (C=O) groups is 2. The van der Waals surface area contributed by atoms with Gasteiger partial charge in [-0.05, 0) is 44.2 Å². The van der Waals surface area contributed by atoms with Gasteiger partial charge in [0.25, 0.3) is 5.69 Å². The molecule has 0 saturated heterocycles. The molecule has 32 heavy (non-hydrogen) atoms. The fraction of sp³-hybridized carbons (Fsp3) is 0.478. The van der Waals surface area contributed by atoms with Gasteiger partial charge in [0.2, 0.25) is 5.91 Å². The van der Waals surface area contributed by atoms with Crippen molar-refractivity contribution >= 4 is 23.5 Å². The van der Waals surface area contributed by atoms with Crippen molar-refractivity contribution in [3.8, 4) is 0 Å². The van der Waals surface area contributed by atoms with Crippen LogP contribution in [0.5, 0.6) is 0 Å². The van der Waals surface area contributed by atoms with Crippen LogP contribution in [0.2, 0.25) is 0 Å². The van der Waals surface area contributed by atoms with E-state index in [1.54, 1.807) is 17.9 Å². The van der Waals surface area contributed by atoms with E-state index in [-0.39, 0.29) is 35.8 Å². The highest BCUT2D eigenvalue weighted by Gasteiger charge is 2.44. The Morgan fingerprint density at radius 1 is 1.25 bits per heavy atom. The molecule has 0 spiro atoms. The highest BCUT2D eigenvalue weighted by molar-refractivity contribution is 5.90. The first-order valence-corrected chi connectivity index (χ1v) is 10.4. The summed E-state index contributed by atoms with van der Waals surface area (Å²) in [6, 6.07) is 5.08. The molecule has 9 nitrogen and oxygen atoms in total. The Balaban J connectivity index is 2.09. The van der Waals surface area contributed by atoms with Gasteiger partial charge in [0.05, 0.1) is 23.5 Å². The normalized spacial score (nSPS) is 19.5. The van der Waals surface area contributed by atoms with E-state index in [0.29, 0.717) is 6.54 Å². The summed E-state index contributed by atoms with van der Waals surface area (Å²) in [7, 11) is 3.05. The fourth-order valence-corrected chi connectivity index (χ4v) is 3.89. The van der Waals surface area contributed by atoms with Crippen LogP contribution in [0.15, 0.2) is 42.7 Å². The maximum Gasteiger partial charge on any atom is 0.338 e. The fourth-order valence-electron chi connectivity index (χ4n) is 3.89. The molecular formula is C23H28N2O7. The molecule has 0 bridgehead atoms. The first kappa shape index (κ1) is 24.8. The number of methoxy groups -OCH3 is 1. The number of esters is 1. The lowest BCUT2D eigenvalue weighted by molar-refractivity contribution is -0.384. The molecule has 0 aliphatic heterocycles. The van der Waals surface area contributed by atoms with E-state index in [0.717, 1.165) is 19.3 Å². The summed E-state index contributed by atoms with van der Waals surface area (Å²) in [6.45, 7) is 4.25. The van der Waals surface area contributed by atoms with Crippen LogP contribution in [0.1, 0.15) is 42.5 Å². The molecule has 0 radical (unpaired) electrons. The highest BCUT2D eigenvalue weighted by Crippen LogP contribution is 2.39. The van der Waals surface area contributed by atoms with Crippen LogP contribution in [0.25, 0.3) is 0 Å². The van der Waals surface area contributed by atoms with E-state index in [1.807, 2.05) is 6.08 Å². The predicted octanol–water partition coefficient (Wildman–Crippen LogP) is 3.32. The largest absolute Gasteiger partial charge is 0.489 e. The Bertz CT molecular complexity index is 890. The number of ether oxygens (including phenoxy) is 2. The van der Waals surface area contributed by atoms with E-state index in [4.69, 9.17) is 9.47 Å². The van der Waals surface area contributed by atoms with Gasteiger partial charge in [-0.3, -0.25) is 14.9 Å². The molecule has 1 amide bonds. The van der Waals surface area contributed by atoms with Gasteiger partial charge >= 0.3 is 5.97 Å². The van der Waals surface area contributed by atoms with Gasteiger partial charge in [-0.2, -0.15) is 0 Å². The molecule has 1 aromatic rings. The Morgan fingerprint density at radius 2 is 1.91 bits per heavy atom. The molecule has 0 aromatic heterocycles. The summed E-state index contributed by atoms with van der Waals surface area (Å²) in [5.41, 5.74) is 0.0317. The topological polar surface area (TPSA) is 116 Å². The Hall–Kier alpha value is -3.45. The van der Waals surface area contributed by atoms with Crippen LogP contribution in [0.4, 0.5) is 5.69 Å². The third kappa shape index (κ3) is 6.28. The van der Waals surface area contributed by atoms with Crippen molar-refractivity contribution < 1.29 is 28.8 Å². The van der Waals surface area contributed by atoms with Crippen LogP contribution in [-0.2, 0) is 19.1 Å².